The Labute approximate surface area is 57.3 Å². The fourth-order valence-electron chi connectivity index (χ4n) is 0.931. The van der Waals surface area contributed by atoms with E-state index in [4.69, 9.17) is 0 Å². The predicted octanol–water partition coefficient (Wildman–Crippen LogP) is 1.57. The Bertz CT molecular complexity index is 62.9. The number of hydrogen-bond acceptors (Lipinski definition) is 1. The van der Waals surface area contributed by atoms with Gasteiger partial charge >= 0.3 is 0 Å². The first-order valence-corrected chi connectivity index (χ1v) is 3.02. The van der Waals surface area contributed by atoms with Crippen LogP contribution in [0.15, 0.2) is 0 Å². The SMILES string of the molecule is CCC1(NC)CC1.Cl. The van der Waals surface area contributed by atoms with E-state index < -0.39 is 0 Å². The molecule has 0 aromatic heterocycles. The maximum atomic E-state index is 3.30. The number of hydrogen-bond donors (Lipinski definition) is 1. The molecule has 1 saturated carbocycles. The summed E-state index contributed by atoms with van der Waals surface area (Å²) in [6, 6.07) is 0. The molecular weight excluding hydrogens is 122 g/mol. The molecule has 0 bridgehead atoms. The summed E-state index contributed by atoms with van der Waals surface area (Å²) in [6.07, 6.45) is 4.07. The van der Waals surface area contributed by atoms with Gasteiger partial charge in [-0.2, -0.15) is 0 Å². The van der Waals surface area contributed by atoms with Gasteiger partial charge in [0.25, 0.3) is 0 Å². The lowest BCUT2D eigenvalue weighted by molar-refractivity contribution is 0.534. The van der Waals surface area contributed by atoms with Crippen molar-refractivity contribution in [2.24, 2.45) is 0 Å². The molecule has 0 saturated heterocycles. The molecular formula is C6H14ClN. The van der Waals surface area contributed by atoms with E-state index in [0.29, 0.717) is 5.54 Å². The Morgan fingerprint density at radius 1 is 1.50 bits per heavy atom. The van der Waals surface area contributed by atoms with E-state index in [1.165, 1.54) is 19.3 Å². The van der Waals surface area contributed by atoms with Gasteiger partial charge in [0.1, 0.15) is 0 Å². The first-order chi connectivity index (χ1) is 3.33. The molecule has 0 aromatic rings. The molecule has 1 aliphatic rings. The minimum absolute atomic E-state index is 0. The van der Waals surface area contributed by atoms with Gasteiger partial charge in [-0.15, -0.1) is 12.4 Å². The second kappa shape index (κ2) is 2.70. The lowest BCUT2D eigenvalue weighted by atomic mass is 10.2. The molecule has 0 spiro atoms. The third kappa shape index (κ3) is 1.36. The van der Waals surface area contributed by atoms with E-state index in [1.54, 1.807) is 0 Å². The van der Waals surface area contributed by atoms with Crippen LogP contribution in [0.4, 0.5) is 0 Å². The summed E-state index contributed by atoms with van der Waals surface area (Å²) < 4.78 is 0. The van der Waals surface area contributed by atoms with Crippen LogP contribution in [0.5, 0.6) is 0 Å². The molecule has 1 N–H and O–H groups in total. The molecule has 0 aromatic carbocycles. The average Bonchev–Trinajstić information content (AvgIpc) is 2.46. The van der Waals surface area contributed by atoms with Crippen LogP contribution in [0.1, 0.15) is 26.2 Å². The van der Waals surface area contributed by atoms with E-state index in [0.717, 1.165) is 0 Å². The van der Waals surface area contributed by atoms with E-state index in [2.05, 4.69) is 19.3 Å². The zero-order valence-electron chi connectivity index (χ0n) is 5.53. The summed E-state index contributed by atoms with van der Waals surface area (Å²) in [4.78, 5) is 0. The monoisotopic (exact) mass is 135 g/mol. The van der Waals surface area contributed by atoms with Crippen molar-refractivity contribution in [1.82, 2.24) is 5.32 Å². The fraction of sp³-hybridized carbons (Fsp3) is 1.00. The molecule has 0 heterocycles. The number of nitrogens with one attached hydrogen (secondary N) is 1. The third-order valence-electron chi connectivity index (χ3n) is 2.06. The van der Waals surface area contributed by atoms with Gasteiger partial charge in [-0.05, 0) is 26.3 Å². The fourth-order valence-corrected chi connectivity index (χ4v) is 0.931. The minimum Gasteiger partial charge on any atom is -0.314 e. The van der Waals surface area contributed by atoms with Crippen molar-refractivity contribution >= 4 is 12.4 Å². The Morgan fingerprint density at radius 2 is 2.00 bits per heavy atom. The van der Waals surface area contributed by atoms with Crippen molar-refractivity contribution in [3.05, 3.63) is 0 Å². The summed E-state index contributed by atoms with van der Waals surface area (Å²) in [5.41, 5.74) is 0.583. The minimum atomic E-state index is 0. The van der Waals surface area contributed by atoms with Crippen LogP contribution in [-0.4, -0.2) is 12.6 Å². The van der Waals surface area contributed by atoms with Crippen molar-refractivity contribution in [2.45, 2.75) is 31.7 Å². The highest BCUT2D eigenvalue weighted by Crippen LogP contribution is 2.37. The molecule has 1 rings (SSSR count). The van der Waals surface area contributed by atoms with Gasteiger partial charge in [-0.25, -0.2) is 0 Å². The van der Waals surface area contributed by atoms with Crippen LogP contribution in [-0.2, 0) is 0 Å². The van der Waals surface area contributed by atoms with Gasteiger partial charge in [-0.3, -0.25) is 0 Å². The van der Waals surface area contributed by atoms with E-state index in [1.807, 2.05) is 0 Å². The van der Waals surface area contributed by atoms with Crippen molar-refractivity contribution in [1.29, 1.82) is 0 Å². The van der Waals surface area contributed by atoms with E-state index in [-0.39, 0.29) is 12.4 Å². The standard InChI is InChI=1S/C6H13N.ClH/c1-3-6(7-2)4-5-6;/h7H,3-5H2,1-2H3;1H. The molecule has 0 amide bonds. The topological polar surface area (TPSA) is 12.0 Å². The summed E-state index contributed by atoms with van der Waals surface area (Å²) in [5, 5.41) is 3.30. The van der Waals surface area contributed by atoms with Crippen molar-refractivity contribution in [2.75, 3.05) is 7.05 Å². The molecule has 0 aliphatic heterocycles. The smallest absolute Gasteiger partial charge is 0.0177 e. The van der Waals surface area contributed by atoms with E-state index >= 15 is 0 Å². The van der Waals surface area contributed by atoms with Crippen molar-refractivity contribution < 1.29 is 0 Å². The summed E-state index contributed by atoms with van der Waals surface area (Å²) >= 11 is 0. The highest BCUT2D eigenvalue weighted by molar-refractivity contribution is 5.85. The first-order valence-electron chi connectivity index (χ1n) is 3.02. The van der Waals surface area contributed by atoms with Crippen LogP contribution in [0.25, 0.3) is 0 Å². The molecule has 0 unspecified atom stereocenters. The zero-order valence-corrected chi connectivity index (χ0v) is 6.35. The molecule has 0 radical (unpaired) electrons. The Hall–Kier alpha value is 0.250. The third-order valence-corrected chi connectivity index (χ3v) is 2.06. The predicted molar refractivity (Wildman–Crippen MR) is 38.6 cm³/mol. The summed E-state index contributed by atoms with van der Waals surface area (Å²) in [7, 11) is 2.05. The van der Waals surface area contributed by atoms with Gasteiger partial charge in [0.2, 0.25) is 0 Å². The Kier molecular flexibility index (Phi) is 2.78. The molecule has 0 atom stereocenters. The normalized spacial score (nSPS) is 21.8. The Morgan fingerprint density at radius 3 is 2.00 bits per heavy atom. The van der Waals surface area contributed by atoms with Crippen LogP contribution in [0.2, 0.25) is 0 Å². The molecule has 2 heteroatoms. The van der Waals surface area contributed by atoms with Gasteiger partial charge in [0.05, 0.1) is 0 Å². The van der Waals surface area contributed by atoms with Crippen LogP contribution in [0.3, 0.4) is 0 Å². The molecule has 1 aliphatic carbocycles. The number of halogens is 1. The average molecular weight is 136 g/mol. The van der Waals surface area contributed by atoms with Crippen molar-refractivity contribution in [3.8, 4) is 0 Å². The maximum absolute atomic E-state index is 3.30. The molecule has 1 nitrogen and oxygen atoms in total. The molecule has 1 fully saturated rings. The van der Waals surface area contributed by atoms with E-state index in [9.17, 15) is 0 Å². The van der Waals surface area contributed by atoms with Crippen LogP contribution in [0, 0.1) is 0 Å². The van der Waals surface area contributed by atoms with Gasteiger partial charge < -0.3 is 5.32 Å². The summed E-state index contributed by atoms with van der Waals surface area (Å²) in [6.45, 7) is 2.24. The maximum Gasteiger partial charge on any atom is 0.0177 e. The van der Waals surface area contributed by atoms with Gasteiger partial charge in [-0.1, -0.05) is 6.92 Å². The second-order valence-corrected chi connectivity index (χ2v) is 2.38. The molecule has 50 valence electrons. The van der Waals surface area contributed by atoms with Crippen LogP contribution >= 0.6 is 12.4 Å². The van der Waals surface area contributed by atoms with Gasteiger partial charge in [0, 0.05) is 5.54 Å². The molecule has 8 heavy (non-hydrogen) atoms. The van der Waals surface area contributed by atoms with Crippen molar-refractivity contribution in [3.63, 3.8) is 0 Å². The first kappa shape index (κ1) is 8.25. The lowest BCUT2D eigenvalue weighted by Crippen LogP contribution is -2.25. The summed E-state index contributed by atoms with van der Waals surface area (Å²) in [5.74, 6) is 0. The Balaban J connectivity index is 0.000000490. The van der Waals surface area contributed by atoms with Gasteiger partial charge in [0.15, 0.2) is 0 Å². The second-order valence-electron chi connectivity index (χ2n) is 2.38. The highest BCUT2D eigenvalue weighted by atomic mass is 35.5. The number of rotatable bonds is 2. The zero-order chi connectivity index (χ0) is 5.33. The van der Waals surface area contributed by atoms with Crippen LogP contribution < -0.4 is 5.32 Å². The quantitative estimate of drug-likeness (QED) is 0.606. The lowest BCUT2D eigenvalue weighted by Gasteiger charge is -2.07. The largest absolute Gasteiger partial charge is 0.314 e. The highest BCUT2D eigenvalue weighted by Gasteiger charge is 2.38.